The van der Waals surface area contributed by atoms with Crippen molar-refractivity contribution in [2.75, 3.05) is 0 Å². The van der Waals surface area contributed by atoms with Gasteiger partial charge in [-0.3, -0.25) is 6.58 Å². The van der Waals surface area contributed by atoms with Gasteiger partial charge < -0.3 is 24.6 Å². The van der Waals surface area contributed by atoms with E-state index < -0.39 is 0 Å². The number of hydrogen-bond donors (Lipinski definition) is 0. The fourth-order valence-electron chi connectivity index (χ4n) is 0. The molecule has 1 radical (unpaired) electrons. The van der Waals surface area contributed by atoms with Gasteiger partial charge in [-0.2, -0.15) is 0 Å². The maximum absolute atomic E-state index is 4.64. The minimum Gasteiger partial charge on any atom is -0.406 e. The van der Waals surface area contributed by atoms with Crippen LogP contribution in [0, 0.1) is 13.0 Å². The Morgan fingerprint density at radius 1 is 1.60 bits per heavy atom. The second kappa shape index (κ2) is 19.3. The van der Waals surface area contributed by atoms with Crippen molar-refractivity contribution in [3.8, 4) is 0 Å². The molecule has 0 N–H and O–H groups in total. The van der Waals surface area contributed by atoms with E-state index in [-0.39, 0.29) is 40.1 Å². The van der Waals surface area contributed by atoms with Gasteiger partial charge >= 0.3 is 0 Å². The molecule has 0 aliphatic rings. The smallest absolute Gasteiger partial charge is 0 e. The summed E-state index contributed by atoms with van der Waals surface area (Å²) >= 11 is 4.64. The summed E-state index contributed by atoms with van der Waals surface area (Å²) in [5.41, 5.74) is 1.97. The maximum Gasteiger partial charge on any atom is 0 e. The van der Waals surface area contributed by atoms with Crippen LogP contribution < -0.4 is 0 Å². The maximum atomic E-state index is 4.64. The molecule has 2 heteroatoms. The van der Waals surface area contributed by atoms with Crippen LogP contribution in [0.25, 0.3) is 0 Å². The van der Waals surface area contributed by atoms with Crippen molar-refractivity contribution in [2.24, 2.45) is 0 Å². The molecule has 5 heavy (non-hydrogen) atoms. The third kappa shape index (κ3) is 39.2. The first kappa shape index (κ1) is 16.5. The molecule has 0 saturated heterocycles. The van der Waals surface area contributed by atoms with Gasteiger partial charge in [0.05, 0.1) is 0 Å². The summed E-state index contributed by atoms with van der Waals surface area (Å²) in [6.45, 7) is 3.00. The van der Waals surface area contributed by atoms with E-state index in [9.17, 15) is 0 Å². The van der Waals surface area contributed by atoms with Crippen molar-refractivity contribution < 1.29 is 32.7 Å². The third-order valence-corrected chi connectivity index (χ3v) is 0. The zero-order valence-corrected chi connectivity index (χ0v) is 6.76. The van der Waals surface area contributed by atoms with E-state index in [4.69, 9.17) is 0 Å². The van der Waals surface area contributed by atoms with E-state index >= 15 is 0 Å². The van der Waals surface area contributed by atoms with Crippen molar-refractivity contribution in [1.82, 2.24) is 0 Å². The van der Waals surface area contributed by atoms with Crippen LogP contribution in [0.5, 0.6) is 0 Å². The second-order valence-corrected chi connectivity index (χ2v) is 0.401. The van der Waals surface area contributed by atoms with Gasteiger partial charge in [-0.05, 0) is 0 Å². The van der Waals surface area contributed by atoms with E-state index in [0.29, 0.717) is 0 Å². The first-order chi connectivity index (χ1) is 1.41. The fraction of sp³-hybridized carbons (Fsp3) is 0. The van der Waals surface area contributed by atoms with Crippen LogP contribution in [0.3, 0.4) is 0 Å². The average Bonchev–Trinajstić information content (AvgIpc) is 0.918. The molecular weight excluding hydrogens is 160 g/mol. The molecule has 29 valence electrons. The summed E-state index contributed by atoms with van der Waals surface area (Å²) in [5.74, 6) is 0. The molecule has 0 spiro atoms. The number of hydrogen-bond acceptors (Lipinski definition) is 0. The van der Waals surface area contributed by atoms with Gasteiger partial charge in [-0.15, -0.1) is 0 Å². The van der Waals surface area contributed by atoms with E-state index in [1.54, 1.807) is 0 Å². The molecule has 0 heterocycles. The van der Waals surface area contributed by atoms with Crippen LogP contribution in [0.2, 0.25) is 0 Å². The molecule has 0 unspecified atom stereocenters. The number of rotatable bonds is 0. The zero-order chi connectivity index (χ0) is 2.71. The van der Waals surface area contributed by atoms with Crippen molar-refractivity contribution in [3.63, 3.8) is 0 Å². The Morgan fingerprint density at radius 3 is 1.60 bits per heavy atom. The van der Waals surface area contributed by atoms with Crippen LogP contribution in [0.4, 0.5) is 0 Å². The fourth-order valence-corrected chi connectivity index (χ4v) is 0. The third-order valence-electron chi connectivity index (χ3n) is 0. The van der Waals surface area contributed by atoms with Gasteiger partial charge in [-0.25, -0.2) is 0 Å². The molecule has 0 amide bonds. The first-order valence-electron chi connectivity index (χ1n) is 0.543. The van der Waals surface area contributed by atoms with Gasteiger partial charge in [0.1, 0.15) is 0 Å². The molecule has 0 bridgehead atoms. The summed E-state index contributed by atoms with van der Waals surface area (Å²) in [5, 5.41) is 0. The van der Waals surface area contributed by atoms with E-state index in [2.05, 4.69) is 18.2 Å². The molecule has 0 nitrogen and oxygen atoms in total. The molecular formula is C3H5ClY-2. The summed E-state index contributed by atoms with van der Waals surface area (Å²) in [6.07, 6.45) is 0. The molecule has 0 atom stereocenters. The summed E-state index contributed by atoms with van der Waals surface area (Å²) < 4.78 is 0. The predicted octanol–water partition coefficient (Wildman–Crippen LogP) is 1.62. The normalized spacial score (nSPS) is 2.60. The average molecular weight is 165 g/mol. The summed E-state index contributed by atoms with van der Waals surface area (Å²) in [6, 6.07) is 0. The largest absolute Gasteiger partial charge is 0.406 e. The SMILES string of the molecule is C=[C-]Cl.[CH3-].[Y]. The van der Waals surface area contributed by atoms with Gasteiger partial charge in [-0.1, -0.05) is 0 Å². The van der Waals surface area contributed by atoms with Crippen LogP contribution >= 0.6 is 11.6 Å². The molecule has 0 aromatic rings. The van der Waals surface area contributed by atoms with Crippen molar-refractivity contribution in [3.05, 3.63) is 19.5 Å². The first-order valence-corrected chi connectivity index (χ1v) is 0.921. The Labute approximate surface area is 63.5 Å². The van der Waals surface area contributed by atoms with Crippen LogP contribution in [0.15, 0.2) is 6.58 Å². The van der Waals surface area contributed by atoms with E-state index in [0.717, 1.165) is 0 Å². The summed E-state index contributed by atoms with van der Waals surface area (Å²) in [4.78, 5) is 0. The molecule has 0 aromatic heterocycles. The molecule has 0 aromatic carbocycles. The Bertz CT molecular complexity index is 14.4. The number of halogens is 1. The second-order valence-electron chi connectivity index (χ2n) is 0.134. The van der Waals surface area contributed by atoms with Crippen LogP contribution in [0.1, 0.15) is 0 Å². The predicted molar refractivity (Wildman–Crippen MR) is 21.1 cm³/mol. The monoisotopic (exact) mass is 165 g/mol. The topological polar surface area (TPSA) is 0 Å². The minimum absolute atomic E-state index is 0. The quantitative estimate of drug-likeness (QED) is 0.479. The Morgan fingerprint density at radius 2 is 1.60 bits per heavy atom. The van der Waals surface area contributed by atoms with Crippen LogP contribution in [-0.2, 0) is 32.7 Å². The Kier molecular flexibility index (Phi) is 63.4. The molecule has 0 aliphatic carbocycles. The van der Waals surface area contributed by atoms with E-state index in [1.165, 1.54) is 0 Å². The molecule has 0 saturated carbocycles. The van der Waals surface area contributed by atoms with Gasteiger partial charge in [0, 0.05) is 32.7 Å². The minimum atomic E-state index is 0. The molecule has 0 rings (SSSR count). The van der Waals surface area contributed by atoms with Crippen molar-refractivity contribution in [2.45, 2.75) is 0 Å². The van der Waals surface area contributed by atoms with Gasteiger partial charge in [0.15, 0.2) is 0 Å². The molecule has 0 fully saturated rings. The Hall–Kier alpha value is 1.13. The van der Waals surface area contributed by atoms with Crippen LogP contribution in [-0.4, -0.2) is 0 Å². The Balaban J connectivity index is -0.0000000200. The van der Waals surface area contributed by atoms with E-state index in [1.807, 2.05) is 5.54 Å². The van der Waals surface area contributed by atoms with Crippen molar-refractivity contribution in [1.29, 1.82) is 0 Å². The molecule has 0 aliphatic heterocycles. The zero-order valence-electron chi connectivity index (χ0n) is 3.16. The van der Waals surface area contributed by atoms with Gasteiger partial charge in [0.25, 0.3) is 0 Å². The van der Waals surface area contributed by atoms with Crippen molar-refractivity contribution >= 4 is 11.6 Å². The summed E-state index contributed by atoms with van der Waals surface area (Å²) in [7, 11) is 0. The standard InChI is InChI=1S/C2H2Cl.CH3.Y/c1-2-3;;/h1H2;1H3;/q2*-1;. The van der Waals surface area contributed by atoms with Gasteiger partial charge in [0.2, 0.25) is 0 Å².